The van der Waals surface area contributed by atoms with E-state index in [1.807, 2.05) is 32.9 Å². The lowest BCUT2D eigenvalue weighted by molar-refractivity contribution is -0.163. The Labute approximate surface area is 181 Å². The molecule has 2 aromatic carbocycles. The number of ether oxygens (including phenoxy) is 2. The van der Waals surface area contributed by atoms with Gasteiger partial charge in [-0.2, -0.15) is 0 Å². The minimum Gasteiger partial charge on any atom is -0.460 e. The number of carbonyl (C=O) groups is 1. The van der Waals surface area contributed by atoms with Gasteiger partial charge in [-0.1, -0.05) is 60.7 Å². The number of nitrogens with zero attached hydrogens (tertiary/aromatic N) is 1. The van der Waals surface area contributed by atoms with Crippen molar-refractivity contribution in [2.24, 2.45) is 5.92 Å². The van der Waals surface area contributed by atoms with E-state index in [0.717, 1.165) is 19.4 Å². The molecule has 0 saturated heterocycles. The van der Waals surface area contributed by atoms with Crippen LogP contribution in [-0.2, 0) is 20.8 Å². The van der Waals surface area contributed by atoms with Gasteiger partial charge >= 0.3 is 5.97 Å². The Morgan fingerprint density at radius 1 is 1.03 bits per heavy atom. The largest absolute Gasteiger partial charge is 0.460 e. The summed E-state index contributed by atoms with van der Waals surface area (Å²) in [6, 6.07) is 21.0. The van der Waals surface area contributed by atoms with Crippen LogP contribution in [0.15, 0.2) is 60.7 Å². The third-order valence-electron chi connectivity index (χ3n) is 5.94. The molecule has 0 unspecified atom stereocenters. The molecule has 1 aliphatic rings. The SMILES string of the molecule is CO[C@@H]1CC[C@@H](C(=O)OC(C)(C)C)[C@H]1N(Cc1ccccc1)[C@@H](C)c1ccccc1. The van der Waals surface area contributed by atoms with Gasteiger partial charge in [0, 0.05) is 19.7 Å². The van der Waals surface area contributed by atoms with Crippen molar-refractivity contribution in [1.29, 1.82) is 0 Å². The third-order valence-corrected chi connectivity index (χ3v) is 5.94. The van der Waals surface area contributed by atoms with Crippen LogP contribution in [0.3, 0.4) is 0 Å². The topological polar surface area (TPSA) is 38.8 Å². The second-order valence-corrected chi connectivity index (χ2v) is 9.23. The van der Waals surface area contributed by atoms with Crippen molar-refractivity contribution in [3.05, 3.63) is 71.8 Å². The molecule has 0 N–H and O–H groups in total. The summed E-state index contributed by atoms with van der Waals surface area (Å²) < 4.78 is 11.7. The summed E-state index contributed by atoms with van der Waals surface area (Å²) in [5, 5.41) is 0. The lowest BCUT2D eigenvalue weighted by Gasteiger charge is -2.40. The Morgan fingerprint density at radius 3 is 2.20 bits per heavy atom. The molecule has 0 aromatic heterocycles. The van der Waals surface area contributed by atoms with Gasteiger partial charge in [-0.05, 0) is 51.7 Å². The number of benzene rings is 2. The maximum Gasteiger partial charge on any atom is 0.311 e. The van der Waals surface area contributed by atoms with Crippen molar-refractivity contribution < 1.29 is 14.3 Å². The first-order chi connectivity index (χ1) is 14.3. The molecule has 1 aliphatic carbocycles. The van der Waals surface area contributed by atoms with Crippen LogP contribution in [-0.4, -0.2) is 35.7 Å². The number of rotatable bonds is 7. The van der Waals surface area contributed by atoms with Gasteiger partial charge in [-0.3, -0.25) is 9.69 Å². The van der Waals surface area contributed by atoms with Crippen LogP contribution in [0.5, 0.6) is 0 Å². The molecule has 0 heterocycles. The summed E-state index contributed by atoms with van der Waals surface area (Å²) >= 11 is 0. The summed E-state index contributed by atoms with van der Waals surface area (Å²) in [6.45, 7) is 8.75. The van der Waals surface area contributed by atoms with Crippen molar-refractivity contribution in [2.45, 2.75) is 70.9 Å². The number of esters is 1. The average molecular weight is 410 g/mol. The monoisotopic (exact) mass is 409 g/mol. The number of hydrogen-bond acceptors (Lipinski definition) is 4. The molecule has 0 radical (unpaired) electrons. The molecule has 0 bridgehead atoms. The first kappa shape index (κ1) is 22.5. The average Bonchev–Trinajstić information content (AvgIpc) is 3.16. The van der Waals surface area contributed by atoms with Crippen molar-refractivity contribution in [2.75, 3.05) is 7.11 Å². The fourth-order valence-electron chi connectivity index (χ4n) is 4.50. The molecule has 4 nitrogen and oxygen atoms in total. The molecule has 1 fully saturated rings. The maximum atomic E-state index is 13.1. The summed E-state index contributed by atoms with van der Waals surface area (Å²) in [5.74, 6) is -0.325. The van der Waals surface area contributed by atoms with Crippen molar-refractivity contribution in [1.82, 2.24) is 4.90 Å². The van der Waals surface area contributed by atoms with Gasteiger partial charge in [0.25, 0.3) is 0 Å². The number of carbonyl (C=O) groups excluding carboxylic acids is 1. The highest BCUT2D eigenvalue weighted by Gasteiger charge is 2.46. The molecule has 0 amide bonds. The smallest absolute Gasteiger partial charge is 0.311 e. The molecule has 4 atom stereocenters. The van der Waals surface area contributed by atoms with Gasteiger partial charge in [0.05, 0.1) is 18.1 Å². The lowest BCUT2D eigenvalue weighted by Crippen LogP contribution is -2.48. The molecule has 0 spiro atoms. The maximum absolute atomic E-state index is 13.1. The molecule has 162 valence electrons. The van der Waals surface area contributed by atoms with Gasteiger partial charge in [-0.25, -0.2) is 0 Å². The highest BCUT2D eigenvalue weighted by atomic mass is 16.6. The number of methoxy groups -OCH3 is 1. The Bertz CT molecular complexity index is 800. The quantitative estimate of drug-likeness (QED) is 0.575. The molecular formula is C26H35NO3. The van der Waals surface area contributed by atoms with Crippen molar-refractivity contribution >= 4 is 5.97 Å². The second kappa shape index (κ2) is 9.76. The fourth-order valence-corrected chi connectivity index (χ4v) is 4.50. The zero-order chi connectivity index (χ0) is 21.7. The summed E-state index contributed by atoms with van der Waals surface area (Å²) in [5.41, 5.74) is 1.96. The minimum absolute atomic E-state index is 0.00241. The molecule has 2 aromatic rings. The van der Waals surface area contributed by atoms with E-state index < -0.39 is 5.60 Å². The van der Waals surface area contributed by atoms with Crippen LogP contribution < -0.4 is 0 Å². The van der Waals surface area contributed by atoms with Crippen LogP contribution in [0.2, 0.25) is 0 Å². The summed E-state index contributed by atoms with van der Waals surface area (Å²) in [6.07, 6.45) is 1.64. The van der Waals surface area contributed by atoms with Gasteiger partial charge in [0.15, 0.2) is 0 Å². The highest BCUT2D eigenvalue weighted by molar-refractivity contribution is 5.74. The lowest BCUT2D eigenvalue weighted by atomic mass is 9.95. The standard InChI is InChI=1S/C26H35NO3/c1-19(21-14-10-7-11-15-21)27(18-20-12-8-6-9-13-20)24-22(16-17-23(24)29-5)25(28)30-26(2,3)4/h6-15,19,22-24H,16-18H2,1-5H3/t19-,22+,23+,24+/m0/s1. The van der Waals surface area contributed by atoms with Gasteiger partial charge in [0.2, 0.25) is 0 Å². The molecular weight excluding hydrogens is 374 g/mol. The van der Waals surface area contributed by atoms with Crippen LogP contribution in [0.4, 0.5) is 0 Å². The Morgan fingerprint density at radius 2 is 1.63 bits per heavy atom. The molecule has 3 rings (SSSR count). The van der Waals surface area contributed by atoms with E-state index in [0.29, 0.717) is 0 Å². The van der Waals surface area contributed by atoms with Crippen LogP contribution in [0, 0.1) is 5.92 Å². The summed E-state index contributed by atoms with van der Waals surface area (Å²) in [4.78, 5) is 15.6. The van der Waals surface area contributed by atoms with Crippen molar-refractivity contribution in [3.8, 4) is 0 Å². The van der Waals surface area contributed by atoms with E-state index >= 15 is 0 Å². The van der Waals surface area contributed by atoms with Crippen LogP contribution >= 0.6 is 0 Å². The second-order valence-electron chi connectivity index (χ2n) is 9.23. The molecule has 30 heavy (non-hydrogen) atoms. The zero-order valence-corrected chi connectivity index (χ0v) is 18.9. The normalized spacial score (nSPS) is 22.8. The van der Waals surface area contributed by atoms with E-state index in [2.05, 4.69) is 60.4 Å². The van der Waals surface area contributed by atoms with E-state index in [4.69, 9.17) is 9.47 Å². The Balaban J connectivity index is 1.96. The Hall–Kier alpha value is -2.17. The van der Waals surface area contributed by atoms with Gasteiger partial charge in [0.1, 0.15) is 5.60 Å². The first-order valence-corrected chi connectivity index (χ1v) is 10.9. The predicted octanol–water partition coefficient (Wildman–Crippen LogP) is 5.39. The zero-order valence-electron chi connectivity index (χ0n) is 18.9. The summed E-state index contributed by atoms with van der Waals surface area (Å²) in [7, 11) is 1.75. The fraction of sp³-hybridized carbons (Fsp3) is 0.500. The van der Waals surface area contributed by atoms with Gasteiger partial charge < -0.3 is 9.47 Å². The first-order valence-electron chi connectivity index (χ1n) is 10.9. The van der Waals surface area contributed by atoms with E-state index in [1.165, 1.54) is 11.1 Å². The van der Waals surface area contributed by atoms with Crippen LogP contribution in [0.1, 0.15) is 57.7 Å². The molecule has 4 heteroatoms. The highest BCUT2D eigenvalue weighted by Crippen LogP contribution is 2.39. The van der Waals surface area contributed by atoms with E-state index in [9.17, 15) is 4.79 Å². The van der Waals surface area contributed by atoms with E-state index in [1.54, 1.807) is 7.11 Å². The molecule has 0 aliphatic heterocycles. The van der Waals surface area contributed by atoms with Gasteiger partial charge in [-0.15, -0.1) is 0 Å². The number of hydrogen-bond donors (Lipinski definition) is 0. The van der Waals surface area contributed by atoms with E-state index in [-0.39, 0.29) is 30.1 Å². The minimum atomic E-state index is -0.498. The predicted molar refractivity (Wildman–Crippen MR) is 120 cm³/mol. The third kappa shape index (κ3) is 5.50. The Kier molecular flexibility index (Phi) is 7.32. The van der Waals surface area contributed by atoms with Crippen LogP contribution in [0.25, 0.3) is 0 Å². The molecule has 1 saturated carbocycles. The van der Waals surface area contributed by atoms with Crippen molar-refractivity contribution in [3.63, 3.8) is 0 Å².